The maximum Gasteiger partial charge on any atom is 0.192 e. The SMILES string of the molecule is CC(C)(C)[Si](C)(C)OCCN1CCCC1CCc1ccn2ncc(Br)c2n1. The van der Waals surface area contributed by atoms with Crippen LogP contribution in [0.25, 0.3) is 5.65 Å². The van der Waals surface area contributed by atoms with Crippen LogP contribution in [0.1, 0.15) is 45.7 Å². The molecule has 1 aliphatic rings. The number of hydrogen-bond donors (Lipinski definition) is 0. The fourth-order valence-corrected chi connectivity index (χ4v) is 4.88. The molecule has 2 aromatic heterocycles. The number of rotatable bonds is 7. The van der Waals surface area contributed by atoms with E-state index < -0.39 is 8.32 Å². The summed E-state index contributed by atoms with van der Waals surface area (Å²) in [5.41, 5.74) is 2.05. The highest BCUT2D eigenvalue weighted by Gasteiger charge is 2.37. The molecule has 0 aromatic carbocycles. The minimum Gasteiger partial charge on any atom is -0.416 e. The zero-order valence-electron chi connectivity index (χ0n) is 17.3. The van der Waals surface area contributed by atoms with E-state index in [0.29, 0.717) is 6.04 Å². The first-order chi connectivity index (χ1) is 12.7. The summed E-state index contributed by atoms with van der Waals surface area (Å²) in [5.74, 6) is 0. The molecule has 3 rings (SSSR count). The number of likely N-dealkylation sites (tertiary alicyclic amines) is 1. The van der Waals surface area contributed by atoms with Gasteiger partial charge in [-0.15, -0.1) is 0 Å². The van der Waals surface area contributed by atoms with Gasteiger partial charge in [0, 0.05) is 31.1 Å². The van der Waals surface area contributed by atoms with Gasteiger partial charge in [-0.05, 0) is 72.4 Å². The van der Waals surface area contributed by atoms with Crippen LogP contribution in [-0.4, -0.2) is 53.6 Å². The molecule has 3 heterocycles. The fourth-order valence-electron chi connectivity index (χ4n) is 3.48. The molecule has 2 aromatic rings. The highest BCUT2D eigenvalue weighted by atomic mass is 79.9. The van der Waals surface area contributed by atoms with Crippen molar-refractivity contribution in [1.82, 2.24) is 19.5 Å². The quantitative estimate of drug-likeness (QED) is 0.559. The van der Waals surface area contributed by atoms with Crippen LogP contribution in [0.3, 0.4) is 0 Å². The van der Waals surface area contributed by atoms with Crippen molar-refractivity contribution in [1.29, 1.82) is 0 Å². The van der Waals surface area contributed by atoms with Crippen LogP contribution < -0.4 is 0 Å². The van der Waals surface area contributed by atoms with Gasteiger partial charge in [-0.1, -0.05) is 20.8 Å². The first-order valence-electron chi connectivity index (χ1n) is 10.0. The Bertz CT molecular complexity index is 771. The smallest absolute Gasteiger partial charge is 0.192 e. The standard InChI is InChI=1S/C20H33BrN4OSi/c1-20(2,3)27(4,5)26-14-13-24-11-6-7-17(24)9-8-16-10-12-25-19(23-16)18(21)15-22-25/h10,12,15,17H,6-9,11,13-14H2,1-5H3. The molecule has 0 aliphatic carbocycles. The van der Waals surface area contributed by atoms with E-state index in [1.54, 1.807) is 6.20 Å². The summed E-state index contributed by atoms with van der Waals surface area (Å²) < 4.78 is 9.16. The third-order valence-corrected chi connectivity index (χ3v) is 11.4. The Morgan fingerprint density at radius 3 is 2.85 bits per heavy atom. The van der Waals surface area contributed by atoms with Gasteiger partial charge >= 0.3 is 0 Å². The van der Waals surface area contributed by atoms with E-state index in [0.717, 1.165) is 41.8 Å². The van der Waals surface area contributed by atoms with Crippen LogP contribution in [0.2, 0.25) is 18.1 Å². The van der Waals surface area contributed by atoms with Gasteiger partial charge in [0.05, 0.1) is 10.7 Å². The molecule has 1 saturated heterocycles. The van der Waals surface area contributed by atoms with E-state index in [9.17, 15) is 0 Å². The lowest BCUT2D eigenvalue weighted by Gasteiger charge is -2.37. The van der Waals surface area contributed by atoms with Crippen molar-refractivity contribution in [3.8, 4) is 0 Å². The molecule has 150 valence electrons. The Labute approximate surface area is 172 Å². The van der Waals surface area contributed by atoms with Crippen LogP contribution in [0.5, 0.6) is 0 Å². The Morgan fingerprint density at radius 2 is 2.11 bits per heavy atom. The van der Waals surface area contributed by atoms with Crippen molar-refractivity contribution in [3.63, 3.8) is 0 Å². The molecule has 1 unspecified atom stereocenters. The Morgan fingerprint density at radius 1 is 1.33 bits per heavy atom. The zero-order valence-corrected chi connectivity index (χ0v) is 19.9. The normalized spacial score (nSPS) is 19.3. The Hall–Kier alpha value is -0.763. The Balaban J connectivity index is 1.51. The van der Waals surface area contributed by atoms with Gasteiger partial charge in [-0.2, -0.15) is 5.10 Å². The predicted molar refractivity (Wildman–Crippen MR) is 117 cm³/mol. The molecule has 0 amide bonds. The first kappa shape index (κ1) is 21.0. The lowest BCUT2D eigenvalue weighted by atomic mass is 10.1. The van der Waals surface area contributed by atoms with Gasteiger partial charge in [-0.25, -0.2) is 9.50 Å². The summed E-state index contributed by atoms with van der Waals surface area (Å²) in [7, 11) is -1.64. The van der Waals surface area contributed by atoms with Crippen molar-refractivity contribution in [2.45, 2.75) is 70.6 Å². The first-order valence-corrected chi connectivity index (χ1v) is 13.7. The molecule has 0 spiro atoms. The van der Waals surface area contributed by atoms with Gasteiger partial charge in [0.25, 0.3) is 0 Å². The van der Waals surface area contributed by atoms with Crippen LogP contribution in [-0.2, 0) is 10.8 Å². The monoisotopic (exact) mass is 452 g/mol. The predicted octanol–water partition coefficient (Wildman–Crippen LogP) is 4.91. The summed E-state index contributed by atoms with van der Waals surface area (Å²) in [6.07, 6.45) is 8.56. The number of halogens is 1. The van der Waals surface area contributed by atoms with E-state index in [1.807, 2.05) is 10.7 Å². The van der Waals surface area contributed by atoms with E-state index in [2.05, 4.69) is 65.9 Å². The second-order valence-electron chi connectivity index (χ2n) is 9.16. The summed E-state index contributed by atoms with van der Waals surface area (Å²) in [6, 6.07) is 2.74. The number of aromatic nitrogens is 3. The summed E-state index contributed by atoms with van der Waals surface area (Å²) >= 11 is 3.52. The maximum absolute atomic E-state index is 6.39. The molecule has 1 fully saturated rings. The molecule has 5 nitrogen and oxygen atoms in total. The summed E-state index contributed by atoms with van der Waals surface area (Å²) in [6.45, 7) is 14.7. The average Bonchev–Trinajstić information content (AvgIpc) is 3.19. The summed E-state index contributed by atoms with van der Waals surface area (Å²) in [4.78, 5) is 7.38. The average molecular weight is 454 g/mol. The number of nitrogens with zero attached hydrogens (tertiary/aromatic N) is 4. The van der Waals surface area contributed by atoms with E-state index >= 15 is 0 Å². The fraction of sp³-hybridized carbons (Fsp3) is 0.700. The van der Waals surface area contributed by atoms with E-state index in [4.69, 9.17) is 9.41 Å². The highest BCUT2D eigenvalue weighted by molar-refractivity contribution is 9.10. The highest BCUT2D eigenvalue weighted by Crippen LogP contribution is 2.36. The van der Waals surface area contributed by atoms with E-state index in [1.165, 1.54) is 19.4 Å². The Kier molecular flexibility index (Phi) is 6.45. The van der Waals surface area contributed by atoms with E-state index in [-0.39, 0.29) is 5.04 Å². The third-order valence-electron chi connectivity index (χ3n) is 6.26. The molecule has 0 radical (unpaired) electrons. The van der Waals surface area contributed by atoms with Gasteiger partial charge in [0.1, 0.15) is 0 Å². The molecule has 1 atom stereocenters. The lowest BCUT2D eigenvalue weighted by molar-refractivity contribution is 0.182. The topological polar surface area (TPSA) is 42.7 Å². The minimum atomic E-state index is -1.64. The van der Waals surface area contributed by atoms with Gasteiger partial charge < -0.3 is 4.43 Å². The molecule has 0 bridgehead atoms. The molecule has 1 aliphatic heterocycles. The van der Waals surface area contributed by atoms with Crippen LogP contribution in [0, 0.1) is 0 Å². The number of aryl methyl sites for hydroxylation is 1. The van der Waals surface area contributed by atoms with Crippen LogP contribution in [0.4, 0.5) is 0 Å². The van der Waals surface area contributed by atoms with Crippen molar-refractivity contribution >= 4 is 29.9 Å². The minimum absolute atomic E-state index is 0.281. The van der Waals surface area contributed by atoms with Crippen LogP contribution >= 0.6 is 15.9 Å². The van der Waals surface area contributed by atoms with Gasteiger partial charge in [-0.3, -0.25) is 4.90 Å². The number of hydrogen-bond acceptors (Lipinski definition) is 4. The second-order valence-corrected chi connectivity index (χ2v) is 14.8. The summed E-state index contributed by atoms with van der Waals surface area (Å²) in [5, 5.41) is 4.55. The van der Waals surface area contributed by atoms with Crippen molar-refractivity contribution in [3.05, 3.63) is 28.6 Å². The van der Waals surface area contributed by atoms with Crippen molar-refractivity contribution < 1.29 is 4.43 Å². The third kappa shape index (κ3) is 4.99. The molecule has 7 heteroatoms. The molecule has 0 N–H and O–H groups in total. The molecule has 27 heavy (non-hydrogen) atoms. The lowest BCUT2D eigenvalue weighted by Crippen LogP contribution is -2.43. The maximum atomic E-state index is 6.39. The second kappa shape index (κ2) is 8.31. The van der Waals surface area contributed by atoms with Crippen molar-refractivity contribution in [2.75, 3.05) is 19.7 Å². The zero-order chi connectivity index (χ0) is 19.7. The van der Waals surface area contributed by atoms with Gasteiger partial charge in [0.15, 0.2) is 14.0 Å². The largest absolute Gasteiger partial charge is 0.416 e. The number of fused-ring (bicyclic) bond motifs is 1. The van der Waals surface area contributed by atoms with Crippen LogP contribution in [0.15, 0.2) is 22.9 Å². The van der Waals surface area contributed by atoms with Crippen molar-refractivity contribution in [2.24, 2.45) is 0 Å². The van der Waals surface area contributed by atoms with Gasteiger partial charge in [0.2, 0.25) is 0 Å². The molecular formula is C20H33BrN4OSi. The molecule has 0 saturated carbocycles. The molecular weight excluding hydrogens is 420 g/mol.